The van der Waals surface area contributed by atoms with Crippen molar-refractivity contribution in [2.75, 3.05) is 45.0 Å². The highest BCUT2D eigenvalue weighted by Gasteiger charge is 2.22. The second-order valence-electron chi connectivity index (χ2n) is 3.32. The fourth-order valence-electron chi connectivity index (χ4n) is 1.76. The molecular formula is C8H17N3S. The van der Waals surface area contributed by atoms with Crippen molar-refractivity contribution < 1.29 is 0 Å². The minimum absolute atomic E-state index is 0.737. The van der Waals surface area contributed by atoms with Gasteiger partial charge < -0.3 is 10.6 Å². The Labute approximate surface area is 78.3 Å². The first-order valence-electron chi connectivity index (χ1n) is 4.74. The molecule has 0 aliphatic carbocycles. The number of piperazine rings is 1. The van der Waals surface area contributed by atoms with Gasteiger partial charge in [-0.25, -0.2) is 0 Å². The molecule has 2 saturated heterocycles. The van der Waals surface area contributed by atoms with Gasteiger partial charge in [-0.3, -0.25) is 4.90 Å². The van der Waals surface area contributed by atoms with Crippen molar-refractivity contribution in [2.45, 2.75) is 5.37 Å². The SMILES string of the molecule is C1CN(C2CNCCS2)CCN1. The normalized spacial score (nSPS) is 33.5. The molecule has 3 nitrogen and oxygen atoms in total. The molecule has 4 heteroatoms. The fourth-order valence-corrected chi connectivity index (χ4v) is 2.95. The molecule has 0 saturated carbocycles. The highest BCUT2D eigenvalue weighted by atomic mass is 32.2. The van der Waals surface area contributed by atoms with Gasteiger partial charge in [0.2, 0.25) is 0 Å². The van der Waals surface area contributed by atoms with E-state index in [4.69, 9.17) is 0 Å². The molecule has 1 unspecified atom stereocenters. The van der Waals surface area contributed by atoms with Crippen LogP contribution in [0.2, 0.25) is 0 Å². The Kier molecular flexibility index (Phi) is 3.28. The predicted octanol–water partition coefficient (Wildman–Crippen LogP) is -0.446. The standard InChI is InChI=1S/C8H17N3S/c1-4-11(5-2-9-1)8-7-10-3-6-12-8/h8-10H,1-7H2. The maximum absolute atomic E-state index is 3.45. The third-order valence-electron chi connectivity index (χ3n) is 2.47. The molecule has 2 fully saturated rings. The summed E-state index contributed by atoms with van der Waals surface area (Å²) >= 11 is 2.11. The van der Waals surface area contributed by atoms with Gasteiger partial charge in [0.1, 0.15) is 0 Å². The number of nitrogens with zero attached hydrogens (tertiary/aromatic N) is 1. The van der Waals surface area contributed by atoms with Crippen LogP contribution in [0.15, 0.2) is 0 Å². The van der Waals surface area contributed by atoms with E-state index < -0.39 is 0 Å². The molecule has 2 aliphatic rings. The Morgan fingerprint density at radius 1 is 1.08 bits per heavy atom. The molecule has 2 rings (SSSR count). The number of hydrogen-bond acceptors (Lipinski definition) is 4. The average Bonchev–Trinajstić information content (AvgIpc) is 2.21. The number of nitrogens with one attached hydrogen (secondary N) is 2. The first kappa shape index (κ1) is 8.81. The van der Waals surface area contributed by atoms with Crippen molar-refractivity contribution in [3.8, 4) is 0 Å². The summed E-state index contributed by atoms with van der Waals surface area (Å²) in [6, 6.07) is 0. The minimum atomic E-state index is 0.737. The summed E-state index contributed by atoms with van der Waals surface area (Å²) in [4.78, 5) is 2.59. The second kappa shape index (κ2) is 4.46. The Balaban J connectivity index is 1.80. The molecular weight excluding hydrogens is 170 g/mol. The van der Waals surface area contributed by atoms with E-state index in [0.29, 0.717) is 0 Å². The van der Waals surface area contributed by atoms with Gasteiger partial charge in [-0.1, -0.05) is 0 Å². The van der Waals surface area contributed by atoms with Gasteiger partial charge in [-0.2, -0.15) is 0 Å². The summed E-state index contributed by atoms with van der Waals surface area (Å²) in [5.41, 5.74) is 0. The van der Waals surface area contributed by atoms with E-state index >= 15 is 0 Å². The first-order chi connectivity index (χ1) is 5.97. The lowest BCUT2D eigenvalue weighted by molar-refractivity contribution is 0.220. The molecule has 0 aromatic heterocycles. The molecule has 2 N–H and O–H groups in total. The Morgan fingerprint density at radius 3 is 2.58 bits per heavy atom. The Hall–Kier alpha value is 0.230. The molecule has 0 aromatic rings. The zero-order valence-corrected chi connectivity index (χ0v) is 8.20. The highest BCUT2D eigenvalue weighted by Crippen LogP contribution is 2.17. The van der Waals surface area contributed by atoms with Crippen molar-refractivity contribution in [3.63, 3.8) is 0 Å². The van der Waals surface area contributed by atoms with Crippen molar-refractivity contribution in [1.82, 2.24) is 15.5 Å². The van der Waals surface area contributed by atoms with Crippen molar-refractivity contribution in [1.29, 1.82) is 0 Å². The van der Waals surface area contributed by atoms with E-state index in [1.54, 1.807) is 0 Å². The van der Waals surface area contributed by atoms with Crippen molar-refractivity contribution in [3.05, 3.63) is 0 Å². The Bertz CT molecular complexity index is 114. The monoisotopic (exact) mass is 187 g/mol. The van der Waals surface area contributed by atoms with Crippen LogP contribution in [0.3, 0.4) is 0 Å². The van der Waals surface area contributed by atoms with Crippen LogP contribution in [0.5, 0.6) is 0 Å². The van der Waals surface area contributed by atoms with Crippen LogP contribution in [0, 0.1) is 0 Å². The van der Waals surface area contributed by atoms with Crippen LogP contribution in [0.1, 0.15) is 0 Å². The molecule has 1 atom stereocenters. The maximum atomic E-state index is 3.45. The summed E-state index contributed by atoms with van der Waals surface area (Å²) in [5.74, 6) is 1.27. The smallest absolute Gasteiger partial charge is 0.0684 e. The van der Waals surface area contributed by atoms with E-state index in [9.17, 15) is 0 Å². The number of hydrogen-bond donors (Lipinski definition) is 2. The average molecular weight is 187 g/mol. The fraction of sp³-hybridized carbons (Fsp3) is 1.00. The van der Waals surface area contributed by atoms with Gasteiger partial charge in [0.25, 0.3) is 0 Å². The third kappa shape index (κ3) is 2.13. The molecule has 2 aliphatic heterocycles. The van der Waals surface area contributed by atoms with E-state index in [2.05, 4.69) is 27.3 Å². The molecule has 0 amide bonds. The van der Waals surface area contributed by atoms with Crippen molar-refractivity contribution >= 4 is 11.8 Å². The zero-order valence-electron chi connectivity index (χ0n) is 7.38. The van der Waals surface area contributed by atoms with E-state index in [1.807, 2.05) is 0 Å². The number of thioether (sulfide) groups is 1. The Morgan fingerprint density at radius 2 is 1.92 bits per heavy atom. The predicted molar refractivity (Wildman–Crippen MR) is 53.6 cm³/mol. The lowest BCUT2D eigenvalue weighted by atomic mass is 10.3. The van der Waals surface area contributed by atoms with Crippen LogP contribution in [-0.2, 0) is 0 Å². The maximum Gasteiger partial charge on any atom is 0.0684 e. The topological polar surface area (TPSA) is 27.3 Å². The van der Waals surface area contributed by atoms with Crippen molar-refractivity contribution in [2.24, 2.45) is 0 Å². The third-order valence-corrected chi connectivity index (χ3v) is 3.76. The summed E-state index contributed by atoms with van der Waals surface area (Å²) in [5, 5.41) is 7.57. The lowest BCUT2D eigenvalue weighted by Crippen LogP contribution is -2.52. The minimum Gasteiger partial charge on any atom is -0.314 e. The van der Waals surface area contributed by atoms with Crippen LogP contribution in [0.4, 0.5) is 0 Å². The van der Waals surface area contributed by atoms with Crippen LogP contribution < -0.4 is 10.6 Å². The lowest BCUT2D eigenvalue weighted by Gasteiger charge is -2.36. The van der Waals surface area contributed by atoms with Gasteiger partial charge in [-0.05, 0) is 0 Å². The first-order valence-corrected chi connectivity index (χ1v) is 5.79. The van der Waals surface area contributed by atoms with Gasteiger partial charge >= 0.3 is 0 Å². The molecule has 12 heavy (non-hydrogen) atoms. The molecule has 2 heterocycles. The molecule has 0 spiro atoms. The van der Waals surface area contributed by atoms with Crippen LogP contribution in [-0.4, -0.2) is 55.3 Å². The summed E-state index contributed by atoms with van der Waals surface area (Å²) < 4.78 is 0. The number of rotatable bonds is 1. The van der Waals surface area contributed by atoms with Crippen LogP contribution in [0.25, 0.3) is 0 Å². The van der Waals surface area contributed by atoms with Crippen LogP contribution >= 0.6 is 11.8 Å². The van der Waals surface area contributed by atoms with Gasteiger partial charge in [0.05, 0.1) is 5.37 Å². The van der Waals surface area contributed by atoms with E-state index in [-0.39, 0.29) is 0 Å². The summed E-state index contributed by atoms with van der Waals surface area (Å²) in [7, 11) is 0. The summed E-state index contributed by atoms with van der Waals surface area (Å²) in [6.07, 6.45) is 0. The molecule has 0 bridgehead atoms. The van der Waals surface area contributed by atoms with E-state index in [1.165, 1.54) is 31.9 Å². The molecule has 0 radical (unpaired) electrons. The largest absolute Gasteiger partial charge is 0.314 e. The zero-order chi connectivity index (χ0) is 8.23. The highest BCUT2D eigenvalue weighted by molar-refractivity contribution is 7.99. The second-order valence-corrected chi connectivity index (χ2v) is 4.60. The van der Waals surface area contributed by atoms with Gasteiger partial charge in [-0.15, -0.1) is 11.8 Å². The van der Waals surface area contributed by atoms with Gasteiger partial charge in [0, 0.05) is 45.0 Å². The van der Waals surface area contributed by atoms with Gasteiger partial charge in [0.15, 0.2) is 0 Å². The summed E-state index contributed by atoms with van der Waals surface area (Å²) in [6.45, 7) is 7.13. The quantitative estimate of drug-likeness (QED) is 0.582. The molecule has 0 aromatic carbocycles. The van der Waals surface area contributed by atoms with E-state index in [0.717, 1.165) is 18.5 Å². The molecule has 70 valence electrons.